The van der Waals surface area contributed by atoms with Gasteiger partial charge >= 0.3 is 0 Å². The Kier molecular flexibility index (Phi) is 8.73. The number of nitrogens with zero attached hydrogens (tertiary/aromatic N) is 3. The first-order valence-corrected chi connectivity index (χ1v) is 10.9. The van der Waals surface area contributed by atoms with Crippen molar-refractivity contribution in [3.63, 3.8) is 0 Å². The molecule has 0 saturated carbocycles. The number of aromatic nitrogens is 1. The molecule has 1 aromatic heterocycles. The van der Waals surface area contributed by atoms with Crippen LogP contribution in [0.25, 0.3) is 0 Å². The molecule has 0 aliphatic carbocycles. The predicted molar refractivity (Wildman–Crippen MR) is 118 cm³/mol. The van der Waals surface area contributed by atoms with Crippen LogP contribution in [0.3, 0.4) is 0 Å². The summed E-state index contributed by atoms with van der Waals surface area (Å²) in [5.74, 6) is 1.70. The summed E-state index contributed by atoms with van der Waals surface area (Å²) in [4.78, 5) is 12.3. The number of benzene rings is 1. The Balaban J connectivity index is 1.42. The lowest BCUT2D eigenvalue weighted by atomic mass is 10.2. The Morgan fingerprint density at radius 2 is 2.10 bits per heavy atom. The van der Waals surface area contributed by atoms with Gasteiger partial charge < -0.3 is 20.1 Å². The highest BCUT2D eigenvalue weighted by atomic mass is 32.1. The average molecular weight is 418 g/mol. The van der Waals surface area contributed by atoms with Gasteiger partial charge in [-0.15, -0.1) is 11.3 Å². The highest BCUT2D eigenvalue weighted by Gasteiger charge is 2.11. The van der Waals surface area contributed by atoms with Crippen LogP contribution in [0.1, 0.15) is 15.4 Å². The lowest BCUT2D eigenvalue weighted by molar-refractivity contribution is 0.0322. The van der Waals surface area contributed by atoms with Crippen molar-refractivity contribution < 1.29 is 9.47 Å². The van der Waals surface area contributed by atoms with Gasteiger partial charge in [0.1, 0.15) is 12.4 Å². The van der Waals surface area contributed by atoms with Crippen molar-refractivity contribution in [1.29, 1.82) is 0 Å². The molecule has 0 amide bonds. The van der Waals surface area contributed by atoms with Crippen molar-refractivity contribution >= 4 is 17.3 Å². The van der Waals surface area contributed by atoms with Crippen LogP contribution in [-0.2, 0) is 17.7 Å². The number of thiazole rings is 1. The van der Waals surface area contributed by atoms with E-state index in [0.717, 1.165) is 68.1 Å². The molecule has 1 aliphatic heterocycles. The van der Waals surface area contributed by atoms with Crippen LogP contribution < -0.4 is 15.4 Å². The highest BCUT2D eigenvalue weighted by Crippen LogP contribution is 2.17. The van der Waals surface area contributed by atoms with Crippen LogP contribution in [0, 0.1) is 6.92 Å². The van der Waals surface area contributed by atoms with Crippen molar-refractivity contribution in [3.8, 4) is 5.75 Å². The molecule has 1 fully saturated rings. The zero-order chi connectivity index (χ0) is 20.3. The fourth-order valence-corrected chi connectivity index (χ4v) is 3.89. The molecule has 1 saturated heterocycles. The Bertz CT molecular complexity index is 774. The van der Waals surface area contributed by atoms with E-state index in [1.807, 2.05) is 24.4 Å². The van der Waals surface area contributed by atoms with Gasteiger partial charge in [0, 0.05) is 62.8 Å². The van der Waals surface area contributed by atoms with E-state index in [1.165, 1.54) is 4.88 Å². The van der Waals surface area contributed by atoms with Crippen molar-refractivity contribution in [1.82, 2.24) is 20.5 Å². The molecule has 1 aliphatic rings. The third-order valence-electron chi connectivity index (χ3n) is 4.71. The maximum absolute atomic E-state index is 6.06. The van der Waals surface area contributed by atoms with E-state index in [2.05, 4.69) is 38.5 Å². The second-order valence-corrected chi connectivity index (χ2v) is 8.20. The number of hydrogen-bond donors (Lipinski definition) is 2. The van der Waals surface area contributed by atoms with E-state index >= 15 is 0 Å². The van der Waals surface area contributed by atoms with Gasteiger partial charge in [0.2, 0.25) is 0 Å². The standard InChI is InChI=1S/C21H31N5O2S/c1-17-15-24-20(29-17)7-8-23-21(22-2)25-16-18-5-3-4-6-19(18)28-14-11-26-9-12-27-13-10-26/h3-6,15H,7-14,16H2,1-2H3,(H2,22,23,25). The smallest absolute Gasteiger partial charge is 0.191 e. The molecule has 0 unspecified atom stereocenters. The van der Waals surface area contributed by atoms with Crippen molar-refractivity contribution in [3.05, 3.63) is 45.9 Å². The topological polar surface area (TPSA) is 71.0 Å². The summed E-state index contributed by atoms with van der Waals surface area (Å²) in [5, 5.41) is 7.86. The Hall–Kier alpha value is -2.16. The number of aliphatic imine (C=N–C) groups is 1. The van der Waals surface area contributed by atoms with Crippen LogP contribution in [0.5, 0.6) is 5.75 Å². The lowest BCUT2D eigenvalue weighted by Gasteiger charge is -2.26. The Labute approximate surface area is 177 Å². The van der Waals surface area contributed by atoms with Crippen LogP contribution in [-0.4, -0.2) is 68.9 Å². The predicted octanol–water partition coefficient (Wildman–Crippen LogP) is 2.07. The Morgan fingerprint density at radius 3 is 2.86 bits per heavy atom. The van der Waals surface area contributed by atoms with Gasteiger partial charge in [-0.3, -0.25) is 9.89 Å². The number of nitrogens with one attached hydrogen (secondary N) is 2. The fourth-order valence-electron chi connectivity index (χ4n) is 3.10. The minimum Gasteiger partial charge on any atom is -0.492 e. The van der Waals surface area contributed by atoms with Gasteiger partial charge in [0.05, 0.1) is 18.2 Å². The molecule has 0 radical (unpaired) electrons. The summed E-state index contributed by atoms with van der Waals surface area (Å²) in [5.41, 5.74) is 1.12. The quantitative estimate of drug-likeness (QED) is 0.481. The van der Waals surface area contributed by atoms with E-state index in [9.17, 15) is 0 Å². The first kappa shape index (κ1) is 21.5. The van der Waals surface area contributed by atoms with Crippen molar-refractivity contribution in [2.75, 3.05) is 53.0 Å². The SMILES string of the molecule is CN=C(NCCc1ncc(C)s1)NCc1ccccc1OCCN1CCOCC1. The molecule has 29 heavy (non-hydrogen) atoms. The highest BCUT2D eigenvalue weighted by molar-refractivity contribution is 7.11. The minimum absolute atomic E-state index is 0.657. The van der Waals surface area contributed by atoms with E-state index in [0.29, 0.717) is 13.2 Å². The number of guanidine groups is 1. The second-order valence-electron chi connectivity index (χ2n) is 6.88. The molecule has 0 bridgehead atoms. The summed E-state index contributed by atoms with van der Waals surface area (Å²) in [6.07, 6.45) is 2.81. The molecule has 2 heterocycles. The normalized spacial score (nSPS) is 15.3. The van der Waals surface area contributed by atoms with Gasteiger partial charge in [-0.25, -0.2) is 4.98 Å². The third kappa shape index (κ3) is 7.30. The third-order valence-corrected chi connectivity index (χ3v) is 5.68. The zero-order valence-corrected chi connectivity index (χ0v) is 18.1. The second kappa shape index (κ2) is 11.7. The first-order chi connectivity index (χ1) is 14.2. The Morgan fingerprint density at radius 1 is 1.28 bits per heavy atom. The van der Waals surface area contributed by atoms with Crippen LogP contribution in [0.15, 0.2) is 35.5 Å². The number of morpholine rings is 1. The van der Waals surface area contributed by atoms with E-state index < -0.39 is 0 Å². The van der Waals surface area contributed by atoms with Gasteiger partial charge in [-0.05, 0) is 13.0 Å². The maximum Gasteiger partial charge on any atom is 0.191 e. The summed E-state index contributed by atoms with van der Waals surface area (Å²) >= 11 is 1.74. The summed E-state index contributed by atoms with van der Waals surface area (Å²) in [7, 11) is 1.79. The van der Waals surface area contributed by atoms with E-state index in [4.69, 9.17) is 9.47 Å². The fraction of sp³-hybridized carbons (Fsp3) is 0.524. The molecule has 2 aromatic rings. The first-order valence-electron chi connectivity index (χ1n) is 10.1. The molecule has 8 heteroatoms. The van der Waals surface area contributed by atoms with Gasteiger partial charge in [0.15, 0.2) is 5.96 Å². The molecule has 158 valence electrons. The molecule has 1 aromatic carbocycles. The molecule has 0 spiro atoms. The van der Waals surface area contributed by atoms with Crippen LogP contribution in [0.2, 0.25) is 0 Å². The molecule has 7 nitrogen and oxygen atoms in total. The minimum atomic E-state index is 0.657. The summed E-state index contributed by atoms with van der Waals surface area (Å²) in [6, 6.07) is 8.16. The maximum atomic E-state index is 6.06. The summed E-state index contributed by atoms with van der Waals surface area (Å²) < 4.78 is 11.4. The van der Waals surface area contributed by atoms with Gasteiger partial charge in [-0.2, -0.15) is 0 Å². The molecular formula is C21H31N5O2S. The number of aryl methyl sites for hydroxylation is 1. The monoisotopic (exact) mass is 417 g/mol. The number of para-hydroxylation sites is 1. The number of ether oxygens (including phenoxy) is 2. The van der Waals surface area contributed by atoms with Gasteiger partial charge in [0.25, 0.3) is 0 Å². The number of rotatable bonds is 9. The zero-order valence-electron chi connectivity index (χ0n) is 17.3. The van der Waals surface area contributed by atoms with Gasteiger partial charge in [-0.1, -0.05) is 18.2 Å². The largest absolute Gasteiger partial charge is 0.492 e. The molecule has 2 N–H and O–H groups in total. The van der Waals surface area contributed by atoms with Crippen molar-refractivity contribution in [2.45, 2.75) is 19.9 Å². The van der Waals surface area contributed by atoms with Crippen LogP contribution in [0.4, 0.5) is 0 Å². The van der Waals surface area contributed by atoms with Crippen LogP contribution >= 0.6 is 11.3 Å². The average Bonchev–Trinajstić information content (AvgIpc) is 3.17. The molecular weight excluding hydrogens is 386 g/mol. The number of hydrogen-bond acceptors (Lipinski definition) is 6. The lowest BCUT2D eigenvalue weighted by Crippen LogP contribution is -2.39. The van der Waals surface area contributed by atoms with Crippen molar-refractivity contribution in [2.24, 2.45) is 4.99 Å². The molecule has 3 rings (SSSR count). The molecule has 0 atom stereocenters. The summed E-state index contributed by atoms with van der Waals surface area (Å²) in [6.45, 7) is 8.72. The van der Waals surface area contributed by atoms with E-state index in [1.54, 1.807) is 18.4 Å². The van der Waals surface area contributed by atoms with E-state index in [-0.39, 0.29) is 0 Å².